The number of imidazole rings is 1. The summed E-state index contributed by atoms with van der Waals surface area (Å²) in [5.41, 5.74) is 3.60. The lowest BCUT2D eigenvalue weighted by atomic mass is 10.2. The molecule has 1 amide bonds. The number of pyridine rings is 1. The van der Waals surface area contributed by atoms with Gasteiger partial charge in [-0.15, -0.1) is 0 Å². The minimum absolute atomic E-state index is 0.00973. The molecule has 0 saturated carbocycles. The second-order valence-electron chi connectivity index (χ2n) is 6.72. The topological polar surface area (TPSA) is 40.9 Å². The molecule has 3 aromatic rings. The average Bonchev–Trinajstić information content (AvgIpc) is 3.08. The summed E-state index contributed by atoms with van der Waals surface area (Å²) in [5.74, 6) is 0.00973. The number of rotatable bonds is 3. The van der Waals surface area contributed by atoms with Crippen molar-refractivity contribution in [1.82, 2.24) is 19.2 Å². The van der Waals surface area contributed by atoms with Gasteiger partial charge in [0.2, 0.25) is 0 Å². The zero-order valence-electron chi connectivity index (χ0n) is 14.7. The number of nitrogens with zero attached hydrogens (tertiary/aromatic N) is 4. The van der Waals surface area contributed by atoms with Crippen LogP contribution in [0.2, 0.25) is 5.02 Å². The lowest BCUT2D eigenvalue weighted by Gasteiger charge is -2.34. The van der Waals surface area contributed by atoms with E-state index in [1.807, 2.05) is 58.8 Å². The number of benzene rings is 1. The van der Waals surface area contributed by atoms with Crippen molar-refractivity contribution >= 4 is 23.2 Å². The molecule has 3 heterocycles. The maximum absolute atomic E-state index is 12.8. The number of halogens is 1. The van der Waals surface area contributed by atoms with Gasteiger partial charge in [-0.3, -0.25) is 9.69 Å². The quantitative estimate of drug-likeness (QED) is 0.712. The molecule has 0 unspecified atom stereocenters. The number of fused-ring (bicyclic) bond motifs is 1. The molecule has 0 aliphatic carbocycles. The van der Waals surface area contributed by atoms with E-state index in [-0.39, 0.29) is 5.91 Å². The van der Waals surface area contributed by atoms with Crippen LogP contribution in [0.3, 0.4) is 0 Å². The van der Waals surface area contributed by atoms with E-state index >= 15 is 0 Å². The predicted octanol–water partition coefficient (Wildman–Crippen LogP) is 3.25. The summed E-state index contributed by atoms with van der Waals surface area (Å²) in [5, 5.41) is 0.762. The van der Waals surface area contributed by atoms with Crippen LogP contribution in [0.1, 0.15) is 21.7 Å². The Labute approximate surface area is 157 Å². The summed E-state index contributed by atoms with van der Waals surface area (Å²) in [4.78, 5) is 21.5. The van der Waals surface area contributed by atoms with Crippen LogP contribution >= 0.6 is 11.6 Å². The number of aryl methyl sites for hydroxylation is 1. The van der Waals surface area contributed by atoms with Gasteiger partial charge in [0.15, 0.2) is 0 Å². The molecule has 26 heavy (non-hydrogen) atoms. The fraction of sp³-hybridized carbons (Fsp3) is 0.300. The van der Waals surface area contributed by atoms with Gasteiger partial charge in [0.1, 0.15) is 11.3 Å². The molecule has 6 heteroatoms. The highest BCUT2D eigenvalue weighted by atomic mass is 35.5. The highest BCUT2D eigenvalue weighted by Crippen LogP contribution is 2.15. The molecule has 134 valence electrons. The summed E-state index contributed by atoms with van der Waals surface area (Å²) in [6.45, 7) is 6.00. The van der Waals surface area contributed by atoms with E-state index in [1.165, 1.54) is 5.56 Å². The maximum Gasteiger partial charge on any atom is 0.274 e. The minimum Gasteiger partial charge on any atom is -0.335 e. The van der Waals surface area contributed by atoms with Crippen LogP contribution in [0, 0.1) is 6.92 Å². The third kappa shape index (κ3) is 3.45. The molecule has 0 radical (unpaired) electrons. The van der Waals surface area contributed by atoms with E-state index in [4.69, 9.17) is 11.6 Å². The molecule has 1 fully saturated rings. The summed E-state index contributed by atoms with van der Waals surface area (Å²) >= 11 is 6.06. The Morgan fingerprint density at radius 2 is 1.88 bits per heavy atom. The fourth-order valence-electron chi connectivity index (χ4n) is 3.42. The number of hydrogen-bond donors (Lipinski definition) is 0. The first-order valence-corrected chi connectivity index (χ1v) is 9.19. The van der Waals surface area contributed by atoms with Crippen LogP contribution in [0.4, 0.5) is 0 Å². The summed E-state index contributed by atoms with van der Waals surface area (Å²) in [6, 6.07) is 13.8. The number of amides is 1. The second-order valence-corrected chi connectivity index (χ2v) is 7.16. The Bertz CT molecular complexity index is 944. The Hall–Kier alpha value is -2.37. The van der Waals surface area contributed by atoms with Gasteiger partial charge in [-0.05, 0) is 36.8 Å². The van der Waals surface area contributed by atoms with Crippen LogP contribution in [0.5, 0.6) is 0 Å². The molecule has 0 bridgehead atoms. The van der Waals surface area contributed by atoms with Crippen molar-refractivity contribution in [3.63, 3.8) is 0 Å². The summed E-state index contributed by atoms with van der Waals surface area (Å²) < 4.78 is 1.96. The molecule has 5 nitrogen and oxygen atoms in total. The van der Waals surface area contributed by atoms with Crippen LogP contribution in [0.25, 0.3) is 5.65 Å². The van der Waals surface area contributed by atoms with E-state index in [2.05, 4.69) is 16.0 Å². The van der Waals surface area contributed by atoms with E-state index in [0.29, 0.717) is 18.8 Å². The van der Waals surface area contributed by atoms with E-state index < -0.39 is 0 Å². The molecule has 1 aliphatic rings. The number of piperazine rings is 1. The molecule has 2 aromatic heterocycles. The van der Waals surface area contributed by atoms with Gasteiger partial charge < -0.3 is 9.30 Å². The van der Waals surface area contributed by atoms with Gasteiger partial charge in [0.05, 0.1) is 0 Å². The first kappa shape index (κ1) is 17.1. The van der Waals surface area contributed by atoms with Crippen molar-refractivity contribution in [1.29, 1.82) is 0 Å². The van der Waals surface area contributed by atoms with Crippen LogP contribution in [-0.4, -0.2) is 51.3 Å². The molecule has 0 atom stereocenters. The number of aromatic nitrogens is 2. The third-order valence-corrected chi connectivity index (χ3v) is 5.10. The van der Waals surface area contributed by atoms with E-state index in [1.54, 1.807) is 0 Å². The Balaban J connectivity index is 1.40. The monoisotopic (exact) mass is 368 g/mol. The van der Waals surface area contributed by atoms with Crippen molar-refractivity contribution in [2.24, 2.45) is 0 Å². The molecule has 1 aromatic carbocycles. The van der Waals surface area contributed by atoms with Gasteiger partial charge in [-0.25, -0.2) is 4.98 Å². The second kappa shape index (κ2) is 7.09. The third-order valence-electron chi connectivity index (χ3n) is 4.87. The molecular formula is C20H21ClN4O. The summed E-state index contributed by atoms with van der Waals surface area (Å²) in [7, 11) is 0. The van der Waals surface area contributed by atoms with Gasteiger partial charge in [0.25, 0.3) is 5.91 Å². The van der Waals surface area contributed by atoms with Crippen molar-refractivity contribution in [2.45, 2.75) is 13.5 Å². The smallest absolute Gasteiger partial charge is 0.274 e. The lowest BCUT2D eigenvalue weighted by Crippen LogP contribution is -2.48. The van der Waals surface area contributed by atoms with Crippen molar-refractivity contribution in [3.8, 4) is 0 Å². The standard InChI is InChI=1S/C20H21ClN4O/c1-15-4-2-7-19-22-18(14-25(15)19)20(26)24-10-8-23(9-11-24)13-16-5-3-6-17(21)12-16/h2-7,12,14H,8-11,13H2,1H3. The Morgan fingerprint density at radius 1 is 1.12 bits per heavy atom. The Kier molecular flexibility index (Phi) is 4.66. The highest BCUT2D eigenvalue weighted by molar-refractivity contribution is 6.30. The lowest BCUT2D eigenvalue weighted by molar-refractivity contribution is 0.0623. The Morgan fingerprint density at radius 3 is 2.62 bits per heavy atom. The fourth-order valence-corrected chi connectivity index (χ4v) is 3.63. The van der Waals surface area contributed by atoms with E-state index in [9.17, 15) is 4.79 Å². The van der Waals surface area contributed by atoms with Crippen LogP contribution in [-0.2, 0) is 6.54 Å². The predicted molar refractivity (Wildman–Crippen MR) is 103 cm³/mol. The molecule has 0 spiro atoms. The maximum atomic E-state index is 12.8. The van der Waals surface area contributed by atoms with Crippen LogP contribution in [0.15, 0.2) is 48.7 Å². The van der Waals surface area contributed by atoms with Crippen molar-refractivity contribution in [2.75, 3.05) is 26.2 Å². The highest BCUT2D eigenvalue weighted by Gasteiger charge is 2.24. The van der Waals surface area contributed by atoms with Crippen LogP contribution < -0.4 is 0 Å². The normalized spacial score (nSPS) is 15.5. The van der Waals surface area contributed by atoms with Crippen molar-refractivity contribution < 1.29 is 4.79 Å². The zero-order valence-corrected chi connectivity index (χ0v) is 15.5. The molecule has 0 N–H and O–H groups in total. The number of hydrogen-bond acceptors (Lipinski definition) is 3. The van der Waals surface area contributed by atoms with Gasteiger partial charge in [-0.1, -0.05) is 29.8 Å². The minimum atomic E-state index is 0.00973. The first-order valence-electron chi connectivity index (χ1n) is 8.81. The van der Waals surface area contributed by atoms with Gasteiger partial charge in [0, 0.05) is 49.6 Å². The van der Waals surface area contributed by atoms with E-state index in [0.717, 1.165) is 36.0 Å². The molecular weight excluding hydrogens is 348 g/mol. The SMILES string of the molecule is Cc1cccc2nc(C(=O)N3CCN(Cc4cccc(Cl)c4)CC3)cn12. The molecule has 1 aliphatic heterocycles. The molecule has 4 rings (SSSR count). The van der Waals surface area contributed by atoms with Gasteiger partial charge >= 0.3 is 0 Å². The first-order chi connectivity index (χ1) is 12.6. The molecule has 1 saturated heterocycles. The number of carbonyl (C=O) groups is 1. The number of carbonyl (C=O) groups excluding carboxylic acids is 1. The largest absolute Gasteiger partial charge is 0.335 e. The van der Waals surface area contributed by atoms with Crippen molar-refractivity contribution in [3.05, 3.63) is 70.6 Å². The van der Waals surface area contributed by atoms with Gasteiger partial charge in [-0.2, -0.15) is 0 Å². The average molecular weight is 369 g/mol. The zero-order chi connectivity index (χ0) is 18.1. The summed E-state index contributed by atoms with van der Waals surface area (Å²) in [6.07, 6.45) is 1.84.